The van der Waals surface area contributed by atoms with Crippen molar-refractivity contribution < 1.29 is 0 Å². The summed E-state index contributed by atoms with van der Waals surface area (Å²) in [6, 6.07) is 17.1. The van der Waals surface area contributed by atoms with E-state index in [0.717, 1.165) is 54.6 Å². The van der Waals surface area contributed by atoms with Crippen LogP contribution < -0.4 is 10.8 Å². The van der Waals surface area contributed by atoms with Crippen molar-refractivity contribution in [2.45, 2.75) is 52.1 Å². The van der Waals surface area contributed by atoms with Crippen LogP contribution in [0, 0.1) is 35.0 Å². The molecule has 1 aliphatic carbocycles. The highest BCUT2D eigenvalue weighted by Crippen LogP contribution is 2.27. The van der Waals surface area contributed by atoms with Crippen molar-refractivity contribution in [3.8, 4) is 6.07 Å². The van der Waals surface area contributed by atoms with Crippen LogP contribution in [0.5, 0.6) is 0 Å². The molecule has 6 nitrogen and oxygen atoms in total. The van der Waals surface area contributed by atoms with Gasteiger partial charge in [-0.15, -0.1) is 0 Å². The molecule has 0 spiro atoms. The van der Waals surface area contributed by atoms with Crippen molar-refractivity contribution in [1.29, 1.82) is 16.1 Å². The van der Waals surface area contributed by atoms with Gasteiger partial charge >= 0.3 is 0 Å². The van der Waals surface area contributed by atoms with Crippen LogP contribution in [0.4, 0.5) is 5.69 Å². The van der Waals surface area contributed by atoms with Crippen molar-refractivity contribution in [1.82, 2.24) is 9.13 Å². The molecule has 2 heterocycles. The van der Waals surface area contributed by atoms with E-state index in [-0.39, 0.29) is 12.0 Å². The second-order valence-corrected chi connectivity index (χ2v) is 8.28. The summed E-state index contributed by atoms with van der Waals surface area (Å²) < 4.78 is 3.97. The van der Waals surface area contributed by atoms with Gasteiger partial charge in [0.2, 0.25) is 0 Å². The molecule has 1 aromatic carbocycles. The average Bonchev–Trinajstić information content (AvgIpc) is 3.04. The van der Waals surface area contributed by atoms with Gasteiger partial charge in [0.05, 0.1) is 22.8 Å². The third-order valence-corrected chi connectivity index (χ3v) is 6.11. The Morgan fingerprint density at radius 1 is 1.13 bits per heavy atom. The topological polar surface area (TPSA) is 93.4 Å². The van der Waals surface area contributed by atoms with E-state index in [9.17, 15) is 0 Å². The van der Waals surface area contributed by atoms with Crippen LogP contribution in [-0.4, -0.2) is 21.0 Å². The number of hydrogen-bond donors (Lipinski definition) is 3. The molecule has 1 fully saturated rings. The molecule has 0 aliphatic heterocycles. The van der Waals surface area contributed by atoms with Crippen molar-refractivity contribution in [3.05, 3.63) is 59.2 Å². The minimum absolute atomic E-state index is 0.153. The Hall–Kier alpha value is -3.33. The molecule has 0 bridgehead atoms. The van der Waals surface area contributed by atoms with E-state index in [2.05, 4.69) is 47.1 Å². The zero-order valence-electron chi connectivity index (χ0n) is 17.6. The summed E-state index contributed by atoms with van der Waals surface area (Å²) in [5.41, 5.74) is 5.30. The fourth-order valence-electron chi connectivity index (χ4n) is 4.48. The number of hydrogen-bond acceptors (Lipinski definition) is 4. The number of nitrogens with zero attached hydrogens (tertiary/aromatic N) is 3. The largest absolute Gasteiger partial charge is 0.379 e. The molecule has 6 heteroatoms. The maximum Gasteiger partial charge on any atom is 0.154 e. The molecule has 0 saturated heterocycles. The lowest BCUT2D eigenvalue weighted by Crippen LogP contribution is -2.32. The monoisotopic (exact) mass is 400 g/mol. The van der Waals surface area contributed by atoms with Crippen molar-refractivity contribution >= 4 is 22.6 Å². The summed E-state index contributed by atoms with van der Waals surface area (Å²) in [6.45, 7) is 4.55. The molecule has 1 aliphatic rings. The molecular weight excluding hydrogens is 372 g/mol. The molecule has 30 heavy (non-hydrogen) atoms. The minimum atomic E-state index is 0.153. The van der Waals surface area contributed by atoms with Crippen LogP contribution in [0.25, 0.3) is 11.0 Å². The third kappa shape index (κ3) is 3.76. The number of aryl methyl sites for hydroxylation is 1. The van der Waals surface area contributed by atoms with E-state index in [1.807, 2.05) is 18.2 Å². The lowest BCUT2D eigenvalue weighted by molar-refractivity contribution is 0.397. The fraction of sp³-hybridized carbons (Fsp3) is 0.375. The average molecular weight is 401 g/mol. The number of nitrogens with one attached hydrogen (secondary N) is 3. The molecule has 0 radical (unpaired) electrons. The first-order chi connectivity index (χ1) is 14.5. The van der Waals surface area contributed by atoms with E-state index in [4.69, 9.17) is 16.1 Å². The highest BCUT2D eigenvalue weighted by molar-refractivity contribution is 5.92. The Labute approximate surface area is 176 Å². The predicted molar refractivity (Wildman–Crippen MR) is 120 cm³/mol. The fourth-order valence-corrected chi connectivity index (χ4v) is 4.48. The Balaban J connectivity index is 1.76. The van der Waals surface area contributed by atoms with Crippen molar-refractivity contribution in [2.24, 2.45) is 5.92 Å². The Morgan fingerprint density at radius 2 is 1.83 bits per heavy atom. The summed E-state index contributed by atoms with van der Waals surface area (Å²) in [6.07, 6.45) is 3.67. The number of anilines is 1. The maximum absolute atomic E-state index is 9.15. The van der Waals surface area contributed by atoms with Crippen LogP contribution in [0.2, 0.25) is 0 Å². The number of fused-ring (bicyclic) bond motifs is 1. The number of aromatic nitrogens is 2. The Morgan fingerprint density at radius 3 is 2.47 bits per heavy atom. The van der Waals surface area contributed by atoms with Gasteiger partial charge in [-0.25, -0.2) is 0 Å². The van der Waals surface area contributed by atoms with Crippen LogP contribution >= 0.6 is 0 Å². The molecule has 154 valence electrons. The SMILES string of the molecule is CC(=N)n1c(=N)c(N[C@H]2CC[C@@H](C#N)CC2)cc2c1cc(C)n2Cc1ccccc1. The van der Waals surface area contributed by atoms with Gasteiger partial charge in [0.1, 0.15) is 5.84 Å². The van der Waals surface area contributed by atoms with Gasteiger partial charge in [-0.3, -0.25) is 15.4 Å². The lowest BCUT2D eigenvalue weighted by atomic mass is 9.87. The molecule has 0 amide bonds. The van der Waals surface area contributed by atoms with Crippen LogP contribution in [0.15, 0.2) is 42.5 Å². The van der Waals surface area contributed by atoms with Gasteiger partial charge in [0.25, 0.3) is 0 Å². The van der Waals surface area contributed by atoms with Gasteiger partial charge in [0, 0.05) is 24.2 Å². The highest BCUT2D eigenvalue weighted by Gasteiger charge is 2.22. The number of rotatable bonds is 4. The number of benzene rings is 1. The molecule has 0 unspecified atom stereocenters. The molecule has 0 atom stereocenters. The van der Waals surface area contributed by atoms with Gasteiger partial charge < -0.3 is 9.88 Å². The maximum atomic E-state index is 9.15. The Kier molecular flexibility index (Phi) is 5.45. The van der Waals surface area contributed by atoms with Crippen molar-refractivity contribution in [2.75, 3.05) is 5.32 Å². The lowest BCUT2D eigenvalue weighted by Gasteiger charge is -2.27. The normalized spacial score (nSPS) is 18.8. The second-order valence-electron chi connectivity index (χ2n) is 8.28. The highest BCUT2D eigenvalue weighted by atomic mass is 15.1. The van der Waals surface area contributed by atoms with Gasteiger partial charge in [-0.2, -0.15) is 5.26 Å². The van der Waals surface area contributed by atoms with E-state index in [0.29, 0.717) is 11.3 Å². The van der Waals surface area contributed by atoms with Gasteiger partial charge in [-0.05, 0) is 57.2 Å². The summed E-state index contributed by atoms with van der Waals surface area (Å²) >= 11 is 0. The van der Waals surface area contributed by atoms with Crippen LogP contribution in [0.1, 0.15) is 43.9 Å². The van der Waals surface area contributed by atoms with Crippen LogP contribution in [0.3, 0.4) is 0 Å². The molecular formula is C24H28N6. The summed E-state index contributed by atoms with van der Waals surface area (Å²) in [5, 5.41) is 29.8. The summed E-state index contributed by atoms with van der Waals surface area (Å²) in [7, 11) is 0. The van der Waals surface area contributed by atoms with Gasteiger partial charge in [0.15, 0.2) is 5.49 Å². The van der Waals surface area contributed by atoms with E-state index in [1.54, 1.807) is 11.5 Å². The molecule has 1 saturated carbocycles. The second kappa shape index (κ2) is 8.19. The summed E-state index contributed by atoms with van der Waals surface area (Å²) in [5.74, 6) is 0.485. The van der Waals surface area contributed by atoms with Gasteiger partial charge in [-0.1, -0.05) is 30.3 Å². The first-order valence-corrected chi connectivity index (χ1v) is 10.5. The summed E-state index contributed by atoms with van der Waals surface area (Å²) in [4.78, 5) is 0. The molecule has 4 rings (SSSR count). The number of pyridine rings is 1. The van der Waals surface area contributed by atoms with Crippen LogP contribution in [-0.2, 0) is 6.54 Å². The number of nitriles is 1. The van der Waals surface area contributed by atoms with E-state index in [1.165, 1.54) is 5.56 Å². The quantitative estimate of drug-likeness (QED) is 0.440. The standard InChI is InChI=1S/C24H28N6/c1-16-12-23-22(29(16)15-19-6-4-3-5-7-19)13-21(24(27)30(23)17(2)26)28-20-10-8-18(14-25)9-11-20/h3-7,12-13,18,20,26-28H,8-11,15H2,1-2H3/t18-,20+. The molecule has 2 aromatic heterocycles. The third-order valence-electron chi connectivity index (χ3n) is 6.11. The first kappa shape index (κ1) is 20.0. The molecule has 3 N–H and O–H groups in total. The first-order valence-electron chi connectivity index (χ1n) is 10.5. The zero-order valence-corrected chi connectivity index (χ0v) is 17.6. The van der Waals surface area contributed by atoms with E-state index >= 15 is 0 Å². The minimum Gasteiger partial charge on any atom is -0.379 e. The smallest absolute Gasteiger partial charge is 0.154 e. The van der Waals surface area contributed by atoms with E-state index < -0.39 is 0 Å². The van der Waals surface area contributed by atoms with Crippen molar-refractivity contribution in [3.63, 3.8) is 0 Å². The zero-order chi connectivity index (χ0) is 21.3. The Bertz CT molecular complexity index is 1170. The molecule has 3 aromatic rings. The predicted octanol–water partition coefficient (Wildman–Crippen LogP) is 4.62.